The first-order chi connectivity index (χ1) is 26.3. The first kappa shape index (κ1) is 49.7. The molecule has 6 atom stereocenters. The highest BCUT2D eigenvalue weighted by atomic mass is 16.7. The molecule has 312 valence electrons. The third kappa shape index (κ3) is 26.5. The maximum absolute atomic E-state index is 12.7. The van der Waals surface area contributed by atoms with Crippen molar-refractivity contribution in [1.82, 2.24) is 0 Å². The summed E-state index contributed by atoms with van der Waals surface area (Å²) in [4.78, 5) is 25.2. The van der Waals surface area contributed by atoms with Gasteiger partial charge in [0.1, 0.15) is 31.0 Å². The van der Waals surface area contributed by atoms with Crippen LogP contribution in [0, 0.1) is 0 Å². The van der Waals surface area contributed by atoms with E-state index in [1.54, 1.807) is 0 Å². The average molecular weight is 765 g/mol. The Hall–Kier alpha value is -2.34. The van der Waals surface area contributed by atoms with Crippen LogP contribution in [0.4, 0.5) is 0 Å². The van der Waals surface area contributed by atoms with Gasteiger partial charge >= 0.3 is 11.9 Å². The third-order valence-electron chi connectivity index (χ3n) is 9.48. The fourth-order valence-electron chi connectivity index (χ4n) is 6.12. The van der Waals surface area contributed by atoms with Crippen LogP contribution in [0.2, 0.25) is 0 Å². The summed E-state index contributed by atoms with van der Waals surface area (Å²) in [6, 6.07) is 0. The number of ether oxygens (including phenoxy) is 4. The van der Waals surface area contributed by atoms with E-state index in [0.29, 0.717) is 6.42 Å². The van der Waals surface area contributed by atoms with E-state index in [4.69, 9.17) is 18.9 Å². The van der Waals surface area contributed by atoms with E-state index in [1.165, 1.54) is 57.8 Å². The fraction of sp³-hybridized carbons (Fsp3) is 0.773. The lowest BCUT2D eigenvalue weighted by molar-refractivity contribution is -0.305. The Bertz CT molecular complexity index is 1020. The number of carbonyl (C=O) groups is 2. The van der Waals surface area contributed by atoms with Crippen LogP contribution in [0.1, 0.15) is 162 Å². The predicted octanol–water partition coefficient (Wildman–Crippen LogP) is 8.49. The quantitative estimate of drug-likeness (QED) is 0.0285. The first-order valence-corrected chi connectivity index (χ1v) is 21.2. The summed E-state index contributed by atoms with van der Waals surface area (Å²) in [6.45, 7) is 3.27. The lowest BCUT2D eigenvalue weighted by Gasteiger charge is -2.39. The number of carbonyl (C=O) groups excluding carboxylic acids is 2. The molecule has 1 fully saturated rings. The molecule has 0 aliphatic carbocycles. The van der Waals surface area contributed by atoms with Gasteiger partial charge < -0.3 is 39.4 Å². The van der Waals surface area contributed by atoms with Crippen LogP contribution in [0.25, 0.3) is 0 Å². The van der Waals surface area contributed by atoms with Crippen LogP contribution >= 0.6 is 0 Å². The Balaban J connectivity index is 2.38. The smallest absolute Gasteiger partial charge is 0.306 e. The van der Waals surface area contributed by atoms with Gasteiger partial charge in [-0.3, -0.25) is 9.59 Å². The van der Waals surface area contributed by atoms with E-state index < -0.39 is 49.4 Å². The molecular formula is C44H76O10. The Kier molecular flexibility index (Phi) is 32.3. The molecule has 6 unspecified atom stereocenters. The van der Waals surface area contributed by atoms with Crippen LogP contribution in [0.3, 0.4) is 0 Å². The molecule has 0 aromatic rings. The number of hydrogen-bond donors (Lipinski definition) is 4. The van der Waals surface area contributed by atoms with Gasteiger partial charge in [0, 0.05) is 12.8 Å². The molecular weight excluding hydrogens is 688 g/mol. The second-order valence-electron chi connectivity index (χ2n) is 14.4. The summed E-state index contributed by atoms with van der Waals surface area (Å²) in [5.41, 5.74) is 0. The minimum absolute atomic E-state index is 0.202. The van der Waals surface area contributed by atoms with Gasteiger partial charge in [0.25, 0.3) is 0 Å². The molecule has 4 N–H and O–H groups in total. The van der Waals surface area contributed by atoms with Crippen LogP contribution in [0.5, 0.6) is 0 Å². The molecule has 0 radical (unpaired) electrons. The highest BCUT2D eigenvalue weighted by Gasteiger charge is 2.44. The minimum Gasteiger partial charge on any atom is -0.462 e. The van der Waals surface area contributed by atoms with E-state index in [9.17, 15) is 30.0 Å². The first-order valence-electron chi connectivity index (χ1n) is 21.2. The number of rotatable bonds is 34. The third-order valence-corrected chi connectivity index (χ3v) is 9.48. The summed E-state index contributed by atoms with van der Waals surface area (Å²) in [7, 11) is 0. The zero-order valence-corrected chi connectivity index (χ0v) is 33.7. The molecule has 54 heavy (non-hydrogen) atoms. The number of hydrogen-bond acceptors (Lipinski definition) is 10. The number of unbranched alkanes of at least 4 members (excludes halogenated alkanes) is 15. The molecule has 1 rings (SSSR count). The number of aliphatic hydroxyl groups is 4. The predicted molar refractivity (Wildman–Crippen MR) is 215 cm³/mol. The van der Waals surface area contributed by atoms with Crippen molar-refractivity contribution in [2.45, 2.75) is 198 Å². The van der Waals surface area contributed by atoms with E-state index in [0.717, 1.165) is 70.6 Å². The molecule has 1 heterocycles. The van der Waals surface area contributed by atoms with Gasteiger partial charge in [0.2, 0.25) is 0 Å². The van der Waals surface area contributed by atoms with Crippen molar-refractivity contribution in [1.29, 1.82) is 0 Å². The molecule has 10 nitrogen and oxygen atoms in total. The molecule has 0 saturated carbocycles. The Morgan fingerprint density at radius 3 is 1.65 bits per heavy atom. The van der Waals surface area contributed by atoms with Crippen molar-refractivity contribution in [3.8, 4) is 0 Å². The Labute approximate surface area is 327 Å². The summed E-state index contributed by atoms with van der Waals surface area (Å²) in [6.07, 6.45) is 32.6. The molecule has 0 spiro atoms. The highest BCUT2D eigenvalue weighted by molar-refractivity contribution is 5.70. The zero-order valence-electron chi connectivity index (χ0n) is 33.7. The normalized spacial score (nSPS) is 21.2. The van der Waals surface area contributed by atoms with Gasteiger partial charge in [-0.2, -0.15) is 0 Å². The van der Waals surface area contributed by atoms with Crippen LogP contribution < -0.4 is 0 Å². The van der Waals surface area contributed by atoms with Crippen LogP contribution in [-0.4, -0.2) is 89.0 Å². The van der Waals surface area contributed by atoms with Crippen molar-refractivity contribution in [3.63, 3.8) is 0 Å². The van der Waals surface area contributed by atoms with E-state index in [2.05, 4.69) is 62.5 Å². The molecule has 0 amide bonds. The SMILES string of the molecule is CC/C=C\C/C=C\C/C=C\C/C=C\CCCCCCC(=O)OC(COC(=O)CCCCCCCCCCCCCC)COC1OC(CO)C(O)C(O)C1O. The maximum atomic E-state index is 12.7. The number of aliphatic hydroxyl groups excluding tert-OH is 4. The second-order valence-corrected chi connectivity index (χ2v) is 14.4. The Morgan fingerprint density at radius 1 is 0.593 bits per heavy atom. The lowest BCUT2D eigenvalue weighted by Crippen LogP contribution is -2.59. The summed E-state index contributed by atoms with van der Waals surface area (Å²) in [5.74, 6) is -0.836. The van der Waals surface area contributed by atoms with Crippen molar-refractivity contribution >= 4 is 11.9 Å². The van der Waals surface area contributed by atoms with E-state index in [-0.39, 0.29) is 32.0 Å². The van der Waals surface area contributed by atoms with Crippen molar-refractivity contribution in [2.75, 3.05) is 19.8 Å². The van der Waals surface area contributed by atoms with Crippen LogP contribution in [-0.2, 0) is 28.5 Å². The summed E-state index contributed by atoms with van der Waals surface area (Å²) < 4.78 is 22.1. The van der Waals surface area contributed by atoms with Crippen molar-refractivity contribution < 1.29 is 49.0 Å². The standard InChI is InChI=1S/C44H76O10/c1-3-5-7-9-11-13-15-17-18-19-20-21-23-25-27-29-31-33-40(47)53-37(36-52-44-43(50)42(49)41(48)38(34-45)54-44)35-51-39(46)32-30-28-26-24-22-16-14-12-10-8-6-4-2/h5,7,11,13,17-18,20-21,37-38,41-45,48-50H,3-4,6,8-10,12,14-16,19,22-36H2,1-2H3/b7-5-,13-11-,18-17-,21-20-. The highest BCUT2D eigenvalue weighted by Crippen LogP contribution is 2.22. The van der Waals surface area contributed by atoms with E-state index in [1.807, 2.05) is 0 Å². The zero-order chi connectivity index (χ0) is 39.5. The summed E-state index contributed by atoms with van der Waals surface area (Å²) in [5, 5.41) is 40.0. The van der Waals surface area contributed by atoms with E-state index >= 15 is 0 Å². The molecule has 1 saturated heterocycles. The number of allylic oxidation sites excluding steroid dienone is 8. The fourth-order valence-corrected chi connectivity index (χ4v) is 6.12. The molecule has 1 aliphatic rings. The lowest BCUT2D eigenvalue weighted by atomic mass is 9.99. The topological polar surface area (TPSA) is 152 Å². The van der Waals surface area contributed by atoms with Crippen molar-refractivity contribution in [3.05, 3.63) is 48.6 Å². The van der Waals surface area contributed by atoms with Gasteiger partial charge in [-0.1, -0.05) is 146 Å². The van der Waals surface area contributed by atoms with Gasteiger partial charge in [0.05, 0.1) is 13.2 Å². The molecule has 1 aliphatic heterocycles. The van der Waals surface area contributed by atoms with Gasteiger partial charge in [0.15, 0.2) is 12.4 Å². The summed E-state index contributed by atoms with van der Waals surface area (Å²) >= 11 is 0. The minimum atomic E-state index is -1.60. The van der Waals surface area contributed by atoms with Gasteiger partial charge in [-0.05, 0) is 51.4 Å². The Morgan fingerprint density at radius 2 is 1.09 bits per heavy atom. The molecule has 10 heteroatoms. The second kappa shape index (κ2) is 35.1. The largest absolute Gasteiger partial charge is 0.462 e. The monoisotopic (exact) mass is 765 g/mol. The number of esters is 2. The molecule has 0 aromatic heterocycles. The van der Waals surface area contributed by atoms with Gasteiger partial charge in [-0.25, -0.2) is 0 Å². The maximum Gasteiger partial charge on any atom is 0.306 e. The molecule has 0 aromatic carbocycles. The molecule has 0 bridgehead atoms. The van der Waals surface area contributed by atoms with Gasteiger partial charge in [-0.15, -0.1) is 0 Å². The van der Waals surface area contributed by atoms with Crippen LogP contribution in [0.15, 0.2) is 48.6 Å². The average Bonchev–Trinajstić information content (AvgIpc) is 3.17. The van der Waals surface area contributed by atoms with Crippen molar-refractivity contribution in [2.24, 2.45) is 0 Å².